The molecule has 2 aromatic rings. The summed E-state index contributed by atoms with van der Waals surface area (Å²) < 4.78 is 1.32. The summed E-state index contributed by atoms with van der Waals surface area (Å²) in [6, 6.07) is 6.50. The average Bonchev–Trinajstić information content (AvgIpc) is 3.02. The maximum atomic E-state index is 12.9. The van der Waals surface area contributed by atoms with E-state index in [9.17, 15) is 14.4 Å². The van der Waals surface area contributed by atoms with Gasteiger partial charge in [0.2, 0.25) is 11.8 Å². The molecule has 0 fully saturated rings. The van der Waals surface area contributed by atoms with E-state index in [-0.39, 0.29) is 30.4 Å². The van der Waals surface area contributed by atoms with Crippen LogP contribution in [0.2, 0.25) is 0 Å². The number of aryl methyl sites for hydroxylation is 1. The van der Waals surface area contributed by atoms with Crippen LogP contribution in [-0.2, 0) is 9.59 Å². The molecule has 0 spiro atoms. The monoisotopic (exact) mass is 340 g/mol. The molecule has 25 heavy (non-hydrogen) atoms. The lowest BCUT2D eigenvalue weighted by molar-refractivity contribution is -0.124. The number of carbonyl (C=O) groups excluding carboxylic acids is 3. The van der Waals surface area contributed by atoms with Gasteiger partial charge in [0.25, 0.3) is 0 Å². The zero-order valence-electron chi connectivity index (χ0n) is 14.2. The van der Waals surface area contributed by atoms with Gasteiger partial charge in [0.1, 0.15) is 18.8 Å². The van der Waals surface area contributed by atoms with E-state index in [1.54, 1.807) is 13.1 Å². The highest BCUT2D eigenvalue weighted by molar-refractivity contribution is 6.11. The predicted molar refractivity (Wildman–Crippen MR) is 92.4 cm³/mol. The van der Waals surface area contributed by atoms with Crippen LogP contribution in [0.4, 0.5) is 5.69 Å². The number of nitrogens with one attached hydrogen (secondary N) is 1. The molecular formula is C18H20N4O3. The molecule has 0 aliphatic carbocycles. The third kappa shape index (κ3) is 3.23. The third-order valence-corrected chi connectivity index (χ3v) is 4.25. The van der Waals surface area contributed by atoms with Crippen molar-refractivity contribution in [1.82, 2.24) is 14.9 Å². The van der Waals surface area contributed by atoms with Gasteiger partial charge in [0, 0.05) is 18.7 Å². The molecule has 3 rings (SSSR count). The van der Waals surface area contributed by atoms with E-state index in [4.69, 9.17) is 0 Å². The van der Waals surface area contributed by atoms with Crippen LogP contribution in [0.5, 0.6) is 0 Å². The SMILES string of the molecule is CNCCC(=O)C1c2cncn2C(=O)CC(=O)N1c1cccc(C)c1. The summed E-state index contributed by atoms with van der Waals surface area (Å²) >= 11 is 0. The zero-order valence-corrected chi connectivity index (χ0v) is 14.2. The normalized spacial score (nSPS) is 17.4. The number of nitrogens with zero attached hydrogens (tertiary/aromatic N) is 3. The van der Waals surface area contributed by atoms with Gasteiger partial charge in [-0.1, -0.05) is 12.1 Å². The maximum Gasteiger partial charge on any atom is 0.241 e. The number of carbonyl (C=O) groups is 3. The van der Waals surface area contributed by atoms with Crippen LogP contribution in [-0.4, -0.2) is 40.7 Å². The summed E-state index contributed by atoms with van der Waals surface area (Å²) in [7, 11) is 1.76. The largest absolute Gasteiger partial charge is 0.319 e. The van der Waals surface area contributed by atoms with Crippen LogP contribution >= 0.6 is 0 Å². The topological polar surface area (TPSA) is 84.3 Å². The molecular weight excluding hydrogens is 320 g/mol. The second kappa shape index (κ2) is 6.98. The number of benzene rings is 1. The van der Waals surface area contributed by atoms with E-state index < -0.39 is 6.04 Å². The fourth-order valence-corrected chi connectivity index (χ4v) is 3.06. The lowest BCUT2D eigenvalue weighted by atomic mass is 10.0. The number of fused-ring (bicyclic) bond motifs is 1. The van der Waals surface area contributed by atoms with Gasteiger partial charge in [0.15, 0.2) is 5.78 Å². The van der Waals surface area contributed by atoms with Crippen LogP contribution in [0.25, 0.3) is 0 Å². The number of Topliss-reactive ketones (excluding diaryl/α,β-unsaturated/α-hetero) is 1. The Morgan fingerprint density at radius 2 is 2.12 bits per heavy atom. The molecule has 0 bridgehead atoms. The summed E-state index contributed by atoms with van der Waals surface area (Å²) in [4.78, 5) is 43.5. The average molecular weight is 340 g/mol. The van der Waals surface area contributed by atoms with Crippen LogP contribution in [0.1, 0.15) is 34.9 Å². The first-order valence-electron chi connectivity index (χ1n) is 8.14. The van der Waals surface area contributed by atoms with Gasteiger partial charge in [-0.25, -0.2) is 4.98 Å². The van der Waals surface area contributed by atoms with Crippen molar-refractivity contribution < 1.29 is 14.4 Å². The highest BCUT2D eigenvalue weighted by Gasteiger charge is 2.38. The molecule has 7 heteroatoms. The highest BCUT2D eigenvalue weighted by atomic mass is 16.2. The Bertz CT molecular complexity index is 827. The number of amides is 1. The Hall–Kier alpha value is -2.80. The standard InChI is InChI=1S/C18H20N4O3/c1-12-4-3-5-13(8-12)22-17(25)9-16(24)21-11-20-10-14(21)18(22)15(23)6-7-19-2/h3-5,8,10-11,18-19H,6-7,9H2,1-2H3. The Kier molecular flexibility index (Phi) is 4.76. The molecule has 0 saturated carbocycles. The summed E-state index contributed by atoms with van der Waals surface area (Å²) in [6.07, 6.45) is 2.80. The van der Waals surface area contributed by atoms with Crippen LogP contribution in [0.3, 0.4) is 0 Å². The van der Waals surface area contributed by atoms with Crippen LogP contribution in [0.15, 0.2) is 36.8 Å². The first-order chi connectivity index (χ1) is 12.0. The minimum absolute atomic E-state index is 0.138. The molecule has 1 atom stereocenters. The maximum absolute atomic E-state index is 12.9. The predicted octanol–water partition coefficient (Wildman–Crippen LogP) is 1.49. The Morgan fingerprint density at radius 3 is 2.84 bits per heavy atom. The van der Waals surface area contributed by atoms with Crippen molar-refractivity contribution in [3.63, 3.8) is 0 Å². The Labute approximate surface area is 145 Å². The van der Waals surface area contributed by atoms with E-state index in [0.717, 1.165) is 5.56 Å². The molecule has 0 radical (unpaired) electrons. The smallest absolute Gasteiger partial charge is 0.241 e. The second-order valence-corrected chi connectivity index (χ2v) is 6.08. The van der Waals surface area contributed by atoms with E-state index in [1.165, 1.54) is 22.0 Å². The minimum atomic E-state index is -0.864. The van der Waals surface area contributed by atoms with Gasteiger partial charge in [-0.3, -0.25) is 23.9 Å². The fraction of sp³-hybridized carbons (Fsp3) is 0.333. The van der Waals surface area contributed by atoms with E-state index >= 15 is 0 Å². The molecule has 1 aromatic heterocycles. The van der Waals surface area contributed by atoms with E-state index in [1.807, 2.05) is 25.1 Å². The summed E-state index contributed by atoms with van der Waals surface area (Å²) in [5.74, 6) is -0.901. The molecule has 1 unspecified atom stereocenters. The van der Waals surface area contributed by atoms with Gasteiger partial charge in [-0.2, -0.15) is 0 Å². The summed E-state index contributed by atoms with van der Waals surface area (Å²) in [6.45, 7) is 2.41. The first-order valence-corrected chi connectivity index (χ1v) is 8.14. The minimum Gasteiger partial charge on any atom is -0.319 e. The molecule has 1 aliphatic heterocycles. The van der Waals surface area contributed by atoms with Gasteiger partial charge < -0.3 is 5.32 Å². The molecule has 1 N–H and O–H groups in total. The number of hydrogen-bond donors (Lipinski definition) is 1. The molecule has 1 aliphatic rings. The second-order valence-electron chi connectivity index (χ2n) is 6.08. The quantitative estimate of drug-likeness (QED) is 0.834. The lowest BCUT2D eigenvalue weighted by Gasteiger charge is -2.29. The number of anilines is 1. The number of ketones is 1. The Morgan fingerprint density at radius 1 is 1.32 bits per heavy atom. The first kappa shape index (κ1) is 17.0. The lowest BCUT2D eigenvalue weighted by Crippen LogP contribution is -2.39. The molecule has 0 saturated heterocycles. The molecule has 7 nitrogen and oxygen atoms in total. The van der Waals surface area contributed by atoms with Crippen molar-refractivity contribution >= 4 is 23.3 Å². The molecule has 2 heterocycles. The summed E-state index contributed by atoms with van der Waals surface area (Å²) in [5, 5.41) is 2.94. The number of imidazole rings is 1. The molecule has 1 aromatic carbocycles. The summed E-state index contributed by atoms with van der Waals surface area (Å²) in [5.41, 5.74) is 2.00. The van der Waals surface area contributed by atoms with Gasteiger partial charge in [-0.15, -0.1) is 0 Å². The number of hydrogen-bond acceptors (Lipinski definition) is 5. The third-order valence-electron chi connectivity index (χ3n) is 4.25. The fourth-order valence-electron chi connectivity index (χ4n) is 3.06. The van der Waals surface area contributed by atoms with Gasteiger partial charge in [0.05, 0.1) is 11.9 Å². The van der Waals surface area contributed by atoms with Crippen LogP contribution in [0, 0.1) is 6.92 Å². The molecule has 1 amide bonds. The van der Waals surface area contributed by atoms with E-state index in [0.29, 0.717) is 17.9 Å². The van der Waals surface area contributed by atoms with Crippen molar-refractivity contribution in [2.24, 2.45) is 0 Å². The van der Waals surface area contributed by atoms with Gasteiger partial charge >= 0.3 is 0 Å². The van der Waals surface area contributed by atoms with Crippen LogP contribution < -0.4 is 10.2 Å². The number of rotatable bonds is 5. The van der Waals surface area contributed by atoms with Crippen molar-refractivity contribution in [3.05, 3.63) is 48.0 Å². The Balaban J connectivity index is 2.13. The van der Waals surface area contributed by atoms with Crippen molar-refractivity contribution in [2.45, 2.75) is 25.8 Å². The van der Waals surface area contributed by atoms with E-state index in [2.05, 4.69) is 10.3 Å². The van der Waals surface area contributed by atoms with Crippen molar-refractivity contribution in [1.29, 1.82) is 0 Å². The number of aromatic nitrogens is 2. The van der Waals surface area contributed by atoms with Gasteiger partial charge in [-0.05, 0) is 31.7 Å². The highest BCUT2D eigenvalue weighted by Crippen LogP contribution is 2.32. The van der Waals surface area contributed by atoms with Crippen molar-refractivity contribution in [2.75, 3.05) is 18.5 Å². The molecule has 130 valence electrons. The van der Waals surface area contributed by atoms with Crippen molar-refractivity contribution in [3.8, 4) is 0 Å². The zero-order chi connectivity index (χ0) is 18.0.